The van der Waals surface area contributed by atoms with E-state index in [0.29, 0.717) is 28.5 Å². The van der Waals surface area contributed by atoms with Crippen LogP contribution in [0.3, 0.4) is 0 Å². The van der Waals surface area contributed by atoms with Crippen molar-refractivity contribution in [1.82, 2.24) is 9.97 Å². The van der Waals surface area contributed by atoms with Crippen LogP contribution in [0.2, 0.25) is 0 Å². The number of anilines is 2. The molecular formula is C24H30N4O2S. The number of aromatic amines is 1. The number of benzene rings is 1. The quantitative estimate of drug-likeness (QED) is 0.527. The summed E-state index contributed by atoms with van der Waals surface area (Å²) in [6.45, 7) is 10.3. The molecule has 2 aliphatic rings. The van der Waals surface area contributed by atoms with Crippen molar-refractivity contribution in [3.63, 3.8) is 0 Å². The van der Waals surface area contributed by atoms with E-state index in [2.05, 4.69) is 60.0 Å². The number of fused-ring (bicyclic) bond motifs is 1. The van der Waals surface area contributed by atoms with Gasteiger partial charge >= 0.3 is 0 Å². The Balaban J connectivity index is 1.89. The van der Waals surface area contributed by atoms with Crippen molar-refractivity contribution in [2.24, 2.45) is 5.41 Å². The number of aromatic nitrogens is 2. The number of thioether (sulfide) groups is 1. The van der Waals surface area contributed by atoms with E-state index in [1.807, 2.05) is 18.4 Å². The molecule has 6 nitrogen and oxygen atoms in total. The highest BCUT2D eigenvalue weighted by molar-refractivity contribution is 7.98. The number of carbonyl (C=O) groups is 1. The number of H-pyrrole nitrogens is 1. The lowest BCUT2D eigenvalue weighted by Crippen LogP contribution is -2.37. The molecule has 2 heterocycles. The van der Waals surface area contributed by atoms with Crippen LogP contribution in [-0.2, 0) is 4.79 Å². The van der Waals surface area contributed by atoms with Crippen molar-refractivity contribution >= 4 is 29.1 Å². The number of Topliss-reactive ketones (excluding diaryl/α,β-unsaturated/α-hetero) is 1. The number of nitrogens with one attached hydrogen (secondary N) is 2. The van der Waals surface area contributed by atoms with Crippen molar-refractivity contribution in [2.45, 2.75) is 51.6 Å². The summed E-state index contributed by atoms with van der Waals surface area (Å²) in [7, 11) is 0. The fourth-order valence-electron chi connectivity index (χ4n) is 4.79. The molecule has 164 valence electrons. The monoisotopic (exact) mass is 438 g/mol. The minimum Gasteiger partial charge on any atom is -0.372 e. The molecule has 0 fully saturated rings. The highest BCUT2D eigenvalue weighted by Gasteiger charge is 2.42. The molecule has 0 radical (unpaired) electrons. The van der Waals surface area contributed by atoms with Gasteiger partial charge in [-0.05, 0) is 49.6 Å². The van der Waals surface area contributed by atoms with Gasteiger partial charge < -0.3 is 15.2 Å². The molecule has 1 aliphatic heterocycles. The molecule has 0 saturated carbocycles. The number of rotatable bonds is 5. The summed E-state index contributed by atoms with van der Waals surface area (Å²) in [5, 5.41) is 3.92. The van der Waals surface area contributed by atoms with E-state index in [9.17, 15) is 9.59 Å². The summed E-state index contributed by atoms with van der Waals surface area (Å²) in [5.74, 6) is 0.262. The molecule has 1 aromatic carbocycles. The fourth-order valence-corrected chi connectivity index (χ4v) is 5.17. The molecule has 7 heteroatoms. The molecule has 1 aromatic heterocycles. The predicted molar refractivity (Wildman–Crippen MR) is 127 cm³/mol. The van der Waals surface area contributed by atoms with Crippen molar-refractivity contribution < 1.29 is 4.79 Å². The van der Waals surface area contributed by atoms with Crippen molar-refractivity contribution in [3.05, 3.63) is 57.0 Å². The molecule has 1 aliphatic carbocycles. The molecule has 0 bridgehead atoms. The minimum absolute atomic E-state index is 0.107. The summed E-state index contributed by atoms with van der Waals surface area (Å²) in [4.78, 5) is 36.2. The van der Waals surface area contributed by atoms with Gasteiger partial charge in [0.1, 0.15) is 5.82 Å². The lowest BCUT2D eigenvalue weighted by Gasteiger charge is -2.38. The first-order chi connectivity index (χ1) is 14.8. The number of ketones is 1. The molecule has 0 spiro atoms. The topological polar surface area (TPSA) is 78.1 Å². The van der Waals surface area contributed by atoms with Crippen LogP contribution in [0, 0.1) is 5.41 Å². The summed E-state index contributed by atoms with van der Waals surface area (Å²) < 4.78 is 0. The Morgan fingerprint density at radius 3 is 2.42 bits per heavy atom. The lowest BCUT2D eigenvalue weighted by molar-refractivity contribution is -0.118. The van der Waals surface area contributed by atoms with Gasteiger partial charge in [-0.15, -0.1) is 0 Å². The molecule has 0 unspecified atom stereocenters. The zero-order chi connectivity index (χ0) is 22.3. The van der Waals surface area contributed by atoms with E-state index < -0.39 is 5.92 Å². The largest absolute Gasteiger partial charge is 0.372 e. The van der Waals surface area contributed by atoms with Crippen molar-refractivity contribution in [2.75, 3.05) is 29.6 Å². The zero-order valence-electron chi connectivity index (χ0n) is 18.8. The average molecular weight is 439 g/mol. The molecule has 0 amide bonds. The number of nitrogens with zero attached hydrogens (tertiary/aromatic N) is 2. The smallest absolute Gasteiger partial charge is 0.257 e. The van der Waals surface area contributed by atoms with E-state index in [4.69, 9.17) is 0 Å². The Kier molecular flexibility index (Phi) is 5.73. The first-order valence-corrected chi connectivity index (χ1v) is 12.1. The van der Waals surface area contributed by atoms with Crippen LogP contribution >= 0.6 is 11.8 Å². The van der Waals surface area contributed by atoms with E-state index >= 15 is 0 Å². The number of carbonyl (C=O) groups excluding carboxylic acids is 1. The van der Waals surface area contributed by atoms with Gasteiger partial charge in [-0.1, -0.05) is 37.7 Å². The van der Waals surface area contributed by atoms with Crippen LogP contribution in [0.25, 0.3) is 0 Å². The van der Waals surface area contributed by atoms with Crippen molar-refractivity contribution in [3.8, 4) is 0 Å². The van der Waals surface area contributed by atoms with Crippen molar-refractivity contribution in [1.29, 1.82) is 0 Å². The second-order valence-corrected chi connectivity index (χ2v) is 9.79. The third-order valence-electron chi connectivity index (χ3n) is 6.25. The molecule has 2 N–H and O–H groups in total. The van der Waals surface area contributed by atoms with Crippen LogP contribution < -0.4 is 15.8 Å². The van der Waals surface area contributed by atoms with E-state index in [0.717, 1.165) is 36.5 Å². The highest BCUT2D eigenvalue weighted by Crippen LogP contribution is 2.47. The maximum absolute atomic E-state index is 13.3. The second kappa shape index (κ2) is 8.19. The predicted octanol–water partition coefficient (Wildman–Crippen LogP) is 4.54. The van der Waals surface area contributed by atoms with Gasteiger partial charge in [-0.25, -0.2) is 4.98 Å². The SMILES string of the molecule is CCN(CC)c1ccc([C@@H]2C3=C(CC(C)(C)CC3=O)Nc3nc(SC)[nH]c(=O)c32)cc1. The van der Waals surface area contributed by atoms with E-state index in [1.54, 1.807) is 0 Å². The molecule has 1 atom stereocenters. The first-order valence-electron chi connectivity index (χ1n) is 10.8. The summed E-state index contributed by atoms with van der Waals surface area (Å²) >= 11 is 1.40. The van der Waals surface area contributed by atoms with Gasteiger partial charge in [-0.3, -0.25) is 9.59 Å². The Labute approximate surface area is 187 Å². The lowest BCUT2D eigenvalue weighted by atomic mass is 9.69. The Hall–Kier alpha value is -2.54. The van der Waals surface area contributed by atoms with Crippen LogP contribution in [0.4, 0.5) is 11.5 Å². The molecule has 2 aromatic rings. The molecule has 0 saturated heterocycles. The first kappa shape index (κ1) is 21.7. The summed E-state index contributed by atoms with van der Waals surface area (Å²) in [6.07, 6.45) is 3.12. The fraction of sp³-hybridized carbons (Fsp3) is 0.458. The Morgan fingerprint density at radius 1 is 1.13 bits per heavy atom. The molecule has 31 heavy (non-hydrogen) atoms. The Bertz CT molecular complexity index is 1100. The maximum atomic E-state index is 13.3. The molecular weight excluding hydrogens is 408 g/mol. The van der Waals surface area contributed by atoms with E-state index in [-0.39, 0.29) is 16.8 Å². The minimum atomic E-state index is -0.409. The van der Waals surface area contributed by atoms with Gasteiger partial charge in [-0.2, -0.15) is 0 Å². The van der Waals surface area contributed by atoms with Crippen LogP contribution in [0.15, 0.2) is 45.5 Å². The average Bonchev–Trinajstić information content (AvgIpc) is 2.72. The summed E-state index contributed by atoms with van der Waals surface area (Å²) in [6, 6.07) is 8.26. The summed E-state index contributed by atoms with van der Waals surface area (Å²) in [5.41, 5.74) is 3.91. The molecule has 4 rings (SSSR count). The van der Waals surface area contributed by atoms with Crippen LogP contribution in [0.1, 0.15) is 57.6 Å². The zero-order valence-corrected chi connectivity index (χ0v) is 19.7. The number of allylic oxidation sites excluding steroid dienone is 2. The van der Waals surface area contributed by atoms with Gasteiger partial charge in [0.15, 0.2) is 10.9 Å². The van der Waals surface area contributed by atoms with Gasteiger partial charge in [0.25, 0.3) is 5.56 Å². The number of hydrogen-bond donors (Lipinski definition) is 2. The van der Waals surface area contributed by atoms with E-state index in [1.165, 1.54) is 11.8 Å². The second-order valence-electron chi connectivity index (χ2n) is 8.99. The van der Waals surface area contributed by atoms with Gasteiger partial charge in [0, 0.05) is 42.4 Å². The Morgan fingerprint density at radius 2 is 1.81 bits per heavy atom. The van der Waals surface area contributed by atoms with Crippen LogP contribution in [0.5, 0.6) is 0 Å². The normalized spacial score (nSPS) is 19.5. The maximum Gasteiger partial charge on any atom is 0.257 e. The standard InChI is InChI=1S/C24H30N4O2S/c1-6-28(7-2)15-10-8-14(9-11-15)18-19-16(12-24(3,4)13-17(19)29)25-21-20(18)22(30)27-23(26-21)31-5/h8-11,18H,6-7,12-13H2,1-5H3,(H2,25,26,27,30)/t18-/m1/s1. The third-order valence-corrected chi connectivity index (χ3v) is 6.83. The highest BCUT2D eigenvalue weighted by atomic mass is 32.2. The third kappa shape index (κ3) is 3.91. The van der Waals surface area contributed by atoms with Gasteiger partial charge in [0.2, 0.25) is 0 Å². The van der Waals surface area contributed by atoms with Crippen LogP contribution in [-0.4, -0.2) is 35.1 Å². The number of hydrogen-bond acceptors (Lipinski definition) is 6. The van der Waals surface area contributed by atoms with Gasteiger partial charge in [0.05, 0.1) is 5.56 Å².